The maximum Gasteiger partial charge on any atom is 0.210 e. The SMILES string of the molecule is Nn1c(SCc2csc(-c3ccccc3Cl)n2)nnc1-c1ccccc1Br. The molecule has 9 heteroatoms. The van der Waals surface area contributed by atoms with Gasteiger partial charge in [-0.15, -0.1) is 21.5 Å². The van der Waals surface area contributed by atoms with Crippen molar-refractivity contribution in [2.75, 3.05) is 5.84 Å². The lowest BCUT2D eigenvalue weighted by atomic mass is 10.2. The van der Waals surface area contributed by atoms with E-state index in [9.17, 15) is 0 Å². The third-order valence-electron chi connectivity index (χ3n) is 3.78. The molecule has 0 saturated heterocycles. The zero-order chi connectivity index (χ0) is 18.8. The van der Waals surface area contributed by atoms with Crippen LogP contribution in [-0.4, -0.2) is 19.9 Å². The number of hydrogen-bond donors (Lipinski definition) is 1. The van der Waals surface area contributed by atoms with E-state index in [1.165, 1.54) is 16.4 Å². The fourth-order valence-corrected chi connectivity index (χ4v) is 4.93. The van der Waals surface area contributed by atoms with Crippen molar-refractivity contribution in [1.29, 1.82) is 0 Å². The normalized spacial score (nSPS) is 11.0. The first-order valence-electron chi connectivity index (χ1n) is 7.91. The van der Waals surface area contributed by atoms with Gasteiger partial charge in [-0.2, -0.15) is 0 Å². The van der Waals surface area contributed by atoms with Crippen LogP contribution in [0.3, 0.4) is 0 Å². The summed E-state index contributed by atoms with van der Waals surface area (Å²) in [5.74, 6) is 7.46. The van der Waals surface area contributed by atoms with Gasteiger partial charge in [-0.1, -0.05) is 69.6 Å². The number of thiazole rings is 1. The van der Waals surface area contributed by atoms with Crippen molar-refractivity contribution < 1.29 is 0 Å². The minimum Gasteiger partial charge on any atom is -0.335 e. The highest BCUT2D eigenvalue weighted by molar-refractivity contribution is 9.10. The van der Waals surface area contributed by atoms with Gasteiger partial charge in [0, 0.05) is 26.7 Å². The summed E-state index contributed by atoms with van der Waals surface area (Å²) in [5, 5.41) is 12.7. The topological polar surface area (TPSA) is 69.6 Å². The van der Waals surface area contributed by atoms with E-state index in [1.807, 2.05) is 53.9 Å². The Hall–Kier alpha value is -1.87. The molecule has 0 radical (unpaired) electrons. The van der Waals surface area contributed by atoms with E-state index in [0.717, 1.165) is 26.3 Å². The molecule has 27 heavy (non-hydrogen) atoms. The largest absolute Gasteiger partial charge is 0.335 e. The molecular weight excluding hydrogens is 466 g/mol. The van der Waals surface area contributed by atoms with E-state index >= 15 is 0 Å². The van der Waals surface area contributed by atoms with Gasteiger partial charge in [0.25, 0.3) is 0 Å². The second-order valence-corrected chi connectivity index (χ2v) is 8.63. The lowest BCUT2D eigenvalue weighted by Crippen LogP contribution is -2.11. The van der Waals surface area contributed by atoms with Crippen LogP contribution in [0.4, 0.5) is 0 Å². The summed E-state index contributed by atoms with van der Waals surface area (Å²) < 4.78 is 2.43. The summed E-state index contributed by atoms with van der Waals surface area (Å²) in [7, 11) is 0. The highest BCUT2D eigenvalue weighted by atomic mass is 79.9. The summed E-state index contributed by atoms with van der Waals surface area (Å²) in [6.07, 6.45) is 0. The number of halogens is 2. The van der Waals surface area contributed by atoms with E-state index in [-0.39, 0.29) is 0 Å². The Bertz CT molecular complexity index is 1090. The maximum atomic E-state index is 6.25. The van der Waals surface area contributed by atoms with Crippen molar-refractivity contribution in [3.63, 3.8) is 0 Å². The first kappa shape index (κ1) is 18.5. The van der Waals surface area contributed by atoms with Crippen LogP contribution in [0.5, 0.6) is 0 Å². The molecule has 0 aliphatic carbocycles. The molecule has 0 atom stereocenters. The molecular formula is C18H13BrClN5S2. The van der Waals surface area contributed by atoms with E-state index < -0.39 is 0 Å². The van der Waals surface area contributed by atoms with E-state index in [1.54, 1.807) is 11.3 Å². The number of benzene rings is 2. The third kappa shape index (κ3) is 3.89. The molecule has 0 spiro atoms. The van der Waals surface area contributed by atoms with Gasteiger partial charge in [-0.25, -0.2) is 9.66 Å². The lowest BCUT2D eigenvalue weighted by Gasteiger charge is -2.04. The molecule has 2 N–H and O–H groups in total. The second kappa shape index (κ2) is 8.02. The molecule has 0 aliphatic rings. The molecule has 5 nitrogen and oxygen atoms in total. The number of nitrogens with two attached hydrogens (primary N) is 1. The Morgan fingerprint density at radius 1 is 1.07 bits per heavy atom. The van der Waals surface area contributed by atoms with Crippen molar-refractivity contribution in [3.8, 4) is 22.0 Å². The summed E-state index contributed by atoms with van der Waals surface area (Å²) in [4.78, 5) is 4.67. The van der Waals surface area contributed by atoms with Crippen molar-refractivity contribution in [2.45, 2.75) is 10.9 Å². The van der Waals surface area contributed by atoms with Gasteiger partial charge in [0.05, 0.1) is 10.7 Å². The number of hydrogen-bond acceptors (Lipinski definition) is 6. The van der Waals surface area contributed by atoms with Crippen LogP contribution in [0.1, 0.15) is 5.69 Å². The predicted octanol–water partition coefficient (Wildman–Crippen LogP) is 5.49. The smallest absolute Gasteiger partial charge is 0.210 e. The lowest BCUT2D eigenvalue weighted by molar-refractivity contribution is 0.849. The first-order chi connectivity index (χ1) is 13.1. The molecule has 0 unspecified atom stereocenters. The van der Waals surface area contributed by atoms with Gasteiger partial charge in [0.2, 0.25) is 5.16 Å². The number of nitrogen functional groups attached to an aromatic ring is 1. The molecule has 0 amide bonds. The zero-order valence-corrected chi connectivity index (χ0v) is 17.8. The first-order valence-corrected chi connectivity index (χ1v) is 10.9. The van der Waals surface area contributed by atoms with Crippen molar-refractivity contribution in [3.05, 3.63) is 69.1 Å². The van der Waals surface area contributed by atoms with E-state index in [2.05, 4.69) is 31.1 Å². The molecule has 0 fully saturated rings. The van der Waals surface area contributed by atoms with Crippen LogP contribution in [0, 0.1) is 0 Å². The fourth-order valence-electron chi connectivity index (χ4n) is 2.47. The van der Waals surface area contributed by atoms with Gasteiger partial charge in [-0.05, 0) is 18.2 Å². The maximum absolute atomic E-state index is 6.25. The number of nitrogens with zero attached hydrogens (tertiary/aromatic N) is 4. The van der Waals surface area contributed by atoms with Crippen LogP contribution in [0.25, 0.3) is 22.0 Å². The summed E-state index contributed by atoms with van der Waals surface area (Å²) in [6, 6.07) is 15.5. The molecule has 2 aromatic carbocycles. The third-order valence-corrected chi connectivity index (χ3v) is 6.71. The Morgan fingerprint density at radius 2 is 1.81 bits per heavy atom. The molecule has 136 valence electrons. The zero-order valence-electron chi connectivity index (χ0n) is 13.8. The Kier molecular flexibility index (Phi) is 5.49. The van der Waals surface area contributed by atoms with Gasteiger partial charge >= 0.3 is 0 Å². The Morgan fingerprint density at radius 3 is 2.59 bits per heavy atom. The molecule has 2 aromatic heterocycles. The van der Waals surface area contributed by atoms with Crippen LogP contribution in [0.2, 0.25) is 5.02 Å². The monoisotopic (exact) mass is 477 g/mol. The van der Waals surface area contributed by atoms with Crippen LogP contribution in [-0.2, 0) is 5.75 Å². The minimum atomic E-state index is 0.611. The van der Waals surface area contributed by atoms with Crippen LogP contribution < -0.4 is 5.84 Å². The van der Waals surface area contributed by atoms with Gasteiger partial charge in [-0.3, -0.25) is 0 Å². The second-order valence-electron chi connectivity index (χ2n) is 5.57. The minimum absolute atomic E-state index is 0.611. The average Bonchev–Trinajstić information content (AvgIpc) is 3.28. The fraction of sp³-hybridized carbons (Fsp3) is 0.0556. The molecule has 0 bridgehead atoms. The molecule has 0 aliphatic heterocycles. The van der Waals surface area contributed by atoms with Crippen LogP contribution >= 0.6 is 50.6 Å². The molecule has 4 aromatic rings. The summed E-state index contributed by atoms with van der Waals surface area (Å²) in [6.45, 7) is 0. The number of rotatable bonds is 5. The summed E-state index contributed by atoms with van der Waals surface area (Å²) >= 11 is 12.8. The molecule has 0 saturated carbocycles. The average molecular weight is 479 g/mol. The standard InChI is InChI=1S/C18H13BrClN5S2/c19-14-7-3-1-5-12(14)16-23-24-18(25(16)21)27-10-11-9-26-17(22-11)13-6-2-4-8-15(13)20/h1-9H,10,21H2. The van der Waals surface area contributed by atoms with Gasteiger partial charge < -0.3 is 5.84 Å². The number of thioether (sulfide) groups is 1. The predicted molar refractivity (Wildman–Crippen MR) is 115 cm³/mol. The van der Waals surface area contributed by atoms with Crippen LogP contribution in [0.15, 0.2) is 63.5 Å². The Balaban J connectivity index is 1.51. The quantitative estimate of drug-likeness (QED) is 0.303. The van der Waals surface area contributed by atoms with Crippen molar-refractivity contribution in [2.24, 2.45) is 0 Å². The highest BCUT2D eigenvalue weighted by Crippen LogP contribution is 2.32. The van der Waals surface area contributed by atoms with Crippen molar-refractivity contribution in [1.82, 2.24) is 19.9 Å². The van der Waals surface area contributed by atoms with Gasteiger partial charge in [0.1, 0.15) is 5.01 Å². The Labute approximate surface area is 177 Å². The highest BCUT2D eigenvalue weighted by Gasteiger charge is 2.15. The van der Waals surface area contributed by atoms with Gasteiger partial charge in [0.15, 0.2) is 5.82 Å². The molecule has 2 heterocycles. The van der Waals surface area contributed by atoms with E-state index in [4.69, 9.17) is 17.4 Å². The molecule has 4 rings (SSSR count). The van der Waals surface area contributed by atoms with Crippen molar-refractivity contribution >= 4 is 50.6 Å². The van der Waals surface area contributed by atoms with E-state index in [0.29, 0.717) is 21.8 Å². The summed E-state index contributed by atoms with van der Waals surface area (Å²) in [5.41, 5.74) is 2.79. The number of aromatic nitrogens is 4.